The molecule has 2 rings (SSSR count). The maximum atomic E-state index is 13.6. The van der Waals surface area contributed by atoms with Crippen molar-refractivity contribution in [3.8, 4) is 0 Å². The summed E-state index contributed by atoms with van der Waals surface area (Å²) in [7, 11) is 0. The fraction of sp³-hybridized carbons (Fsp3) is 0.619. The van der Waals surface area contributed by atoms with E-state index in [2.05, 4.69) is 32.8 Å². The van der Waals surface area contributed by atoms with Gasteiger partial charge in [-0.2, -0.15) is 0 Å². The molecule has 1 aliphatic heterocycles. The fourth-order valence-electron chi connectivity index (χ4n) is 3.30. The number of piperidine rings is 1. The second kappa shape index (κ2) is 11.6. The molecule has 1 heterocycles. The van der Waals surface area contributed by atoms with Crippen LogP contribution in [0.2, 0.25) is 0 Å². The smallest absolute Gasteiger partial charge is 0.251 e. The molecule has 3 N–H and O–H groups in total. The summed E-state index contributed by atoms with van der Waals surface area (Å²) < 4.78 is 13.6. The lowest BCUT2D eigenvalue weighted by atomic mass is 10.1. The highest BCUT2D eigenvalue weighted by Crippen LogP contribution is 2.10. The van der Waals surface area contributed by atoms with E-state index in [-0.39, 0.29) is 11.7 Å². The van der Waals surface area contributed by atoms with Gasteiger partial charge in [0.25, 0.3) is 5.91 Å². The minimum absolute atomic E-state index is 0.282. The first-order chi connectivity index (χ1) is 13.5. The molecule has 7 heteroatoms. The number of guanidine groups is 1. The molecule has 1 aromatic rings. The number of benzene rings is 1. The van der Waals surface area contributed by atoms with Crippen molar-refractivity contribution in [3.05, 3.63) is 35.1 Å². The average molecular weight is 392 g/mol. The molecular formula is C21H34FN5O. The van der Waals surface area contributed by atoms with Crippen molar-refractivity contribution in [2.24, 2.45) is 4.99 Å². The van der Waals surface area contributed by atoms with Crippen molar-refractivity contribution in [2.45, 2.75) is 46.1 Å². The van der Waals surface area contributed by atoms with Crippen LogP contribution in [0.1, 0.15) is 49.0 Å². The quantitative estimate of drug-likeness (QED) is 0.361. The molecule has 0 bridgehead atoms. The number of nitrogens with one attached hydrogen (secondary N) is 3. The molecule has 0 spiro atoms. The molecule has 0 unspecified atom stereocenters. The van der Waals surface area contributed by atoms with Crippen LogP contribution in [0, 0.1) is 12.7 Å². The molecular weight excluding hydrogens is 357 g/mol. The summed E-state index contributed by atoms with van der Waals surface area (Å²) in [5.74, 6) is 0.136. The Kier molecular flexibility index (Phi) is 9.20. The lowest BCUT2D eigenvalue weighted by Gasteiger charge is -2.32. The van der Waals surface area contributed by atoms with Gasteiger partial charge >= 0.3 is 0 Å². The third-order valence-corrected chi connectivity index (χ3v) is 4.91. The lowest BCUT2D eigenvalue weighted by Crippen LogP contribution is -2.49. The second-order valence-corrected chi connectivity index (χ2v) is 7.24. The van der Waals surface area contributed by atoms with Gasteiger partial charge in [-0.3, -0.25) is 9.79 Å². The van der Waals surface area contributed by atoms with Crippen LogP contribution in [0.15, 0.2) is 23.2 Å². The molecule has 156 valence electrons. The van der Waals surface area contributed by atoms with Gasteiger partial charge < -0.3 is 20.9 Å². The Hall–Kier alpha value is -2.15. The molecule has 0 saturated carbocycles. The maximum absolute atomic E-state index is 13.6. The van der Waals surface area contributed by atoms with Crippen molar-refractivity contribution in [2.75, 3.05) is 39.3 Å². The number of hydrogen-bond donors (Lipinski definition) is 3. The zero-order valence-electron chi connectivity index (χ0n) is 17.4. The number of halogens is 1. The second-order valence-electron chi connectivity index (χ2n) is 7.24. The fourth-order valence-corrected chi connectivity index (χ4v) is 3.30. The van der Waals surface area contributed by atoms with E-state index >= 15 is 0 Å². The molecule has 0 aliphatic carbocycles. The molecule has 1 amide bonds. The minimum Gasteiger partial charge on any atom is -0.357 e. The summed E-state index contributed by atoms with van der Waals surface area (Å²) >= 11 is 0. The van der Waals surface area contributed by atoms with Gasteiger partial charge in [0.15, 0.2) is 5.96 Å². The summed E-state index contributed by atoms with van der Waals surface area (Å²) in [6, 6.07) is 4.94. The molecule has 0 aromatic heterocycles. The van der Waals surface area contributed by atoms with E-state index in [1.807, 2.05) is 6.92 Å². The largest absolute Gasteiger partial charge is 0.357 e. The molecule has 1 fully saturated rings. The number of aliphatic imine (C=N–C) groups is 1. The molecule has 6 nitrogen and oxygen atoms in total. The standard InChI is InChI=1S/C21H34FN5O/c1-4-12-27-13-8-18(9-14-27)26-21(23-5-2)25-11-10-24-20(28)17-7-6-16(3)19(22)15-17/h6-7,15,18H,4-5,8-14H2,1-3H3,(H,24,28)(H2,23,25,26). The van der Waals surface area contributed by atoms with Gasteiger partial charge in [0.1, 0.15) is 5.82 Å². The summed E-state index contributed by atoms with van der Waals surface area (Å²) in [5.41, 5.74) is 0.860. The van der Waals surface area contributed by atoms with E-state index in [1.165, 1.54) is 19.0 Å². The number of nitrogens with zero attached hydrogens (tertiary/aromatic N) is 2. The highest BCUT2D eigenvalue weighted by atomic mass is 19.1. The first-order valence-corrected chi connectivity index (χ1v) is 10.3. The van der Waals surface area contributed by atoms with Crippen LogP contribution in [-0.2, 0) is 0 Å². The van der Waals surface area contributed by atoms with Crippen molar-refractivity contribution in [1.29, 1.82) is 0 Å². The first-order valence-electron chi connectivity index (χ1n) is 10.3. The SMILES string of the molecule is CCCN1CCC(NC(=NCCNC(=O)c2ccc(C)c(F)c2)NCC)CC1. The van der Waals surface area contributed by atoms with Gasteiger partial charge in [0.05, 0.1) is 6.54 Å². The Morgan fingerprint density at radius 2 is 2.00 bits per heavy atom. The molecule has 0 atom stereocenters. The molecule has 1 aliphatic rings. The third-order valence-electron chi connectivity index (χ3n) is 4.91. The Morgan fingerprint density at radius 1 is 1.25 bits per heavy atom. The van der Waals surface area contributed by atoms with Gasteiger partial charge in [-0.05, 0) is 57.4 Å². The van der Waals surface area contributed by atoms with E-state index < -0.39 is 0 Å². The number of amides is 1. The van der Waals surface area contributed by atoms with E-state index in [0.29, 0.717) is 30.3 Å². The van der Waals surface area contributed by atoms with Crippen molar-refractivity contribution >= 4 is 11.9 Å². The van der Waals surface area contributed by atoms with Crippen LogP contribution in [0.3, 0.4) is 0 Å². The molecule has 1 saturated heterocycles. The number of carbonyl (C=O) groups is 1. The summed E-state index contributed by atoms with van der Waals surface area (Å²) in [6.07, 6.45) is 3.42. The summed E-state index contributed by atoms with van der Waals surface area (Å²) in [5, 5.41) is 9.56. The van der Waals surface area contributed by atoms with Gasteiger partial charge in [-0.1, -0.05) is 13.0 Å². The molecule has 1 aromatic carbocycles. The zero-order valence-corrected chi connectivity index (χ0v) is 17.4. The molecule has 28 heavy (non-hydrogen) atoms. The lowest BCUT2D eigenvalue weighted by molar-refractivity contribution is 0.0954. The maximum Gasteiger partial charge on any atom is 0.251 e. The van der Waals surface area contributed by atoms with Crippen LogP contribution < -0.4 is 16.0 Å². The minimum atomic E-state index is -0.366. The van der Waals surface area contributed by atoms with Crippen molar-refractivity contribution in [1.82, 2.24) is 20.9 Å². The van der Waals surface area contributed by atoms with E-state index in [9.17, 15) is 9.18 Å². The zero-order chi connectivity index (χ0) is 20.4. The molecule has 0 radical (unpaired) electrons. The van der Waals surface area contributed by atoms with Crippen LogP contribution >= 0.6 is 0 Å². The third kappa shape index (κ3) is 7.11. The predicted octanol–water partition coefficient (Wildman–Crippen LogP) is 2.29. The van der Waals surface area contributed by atoms with E-state index in [4.69, 9.17) is 0 Å². The van der Waals surface area contributed by atoms with Crippen LogP contribution in [0.25, 0.3) is 0 Å². The van der Waals surface area contributed by atoms with Crippen LogP contribution in [0.5, 0.6) is 0 Å². The number of aryl methyl sites for hydroxylation is 1. The van der Waals surface area contributed by atoms with Crippen LogP contribution in [-0.4, -0.2) is 62.1 Å². The monoisotopic (exact) mass is 391 g/mol. The number of likely N-dealkylation sites (tertiary alicyclic amines) is 1. The Bertz CT molecular complexity index is 656. The Morgan fingerprint density at radius 3 is 2.64 bits per heavy atom. The Balaban J connectivity index is 1.77. The topological polar surface area (TPSA) is 68.8 Å². The van der Waals surface area contributed by atoms with Gasteiger partial charge in [-0.25, -0.2) is 4.39 Å². The Labute approximate surface area is 168 Å². The highest BCUT2D eigenvalue weighted by Gasteiger charge is 2.19. The van der Waals surface area contributed by atoms with Gasteiger partial charge in [0.2, 0.25) is 0 Å². The number of rotatable bonds is 8. The number of carbonyl (C=O) groups excluding carboxylic acids is 1. The average Bonchev–Trinajstić information content (AvgIpc) is 2.69. The van der Waals surface area contributed by atoms with Gasteiger partial charge in [-0.15, -0.1) is 0 Å². The predicted molar refractivity (Wildman–Crippen MR) is 112 cm³/mol. The normalized spacial score (nSPS) is 16.1. The summed E-state index contributed by atoms with van der Waals surface area (Å²) in [6.45, 7) is 11.0. The first kappa shape index (κ1) is 22.1. The van der Waals surface area contributed by atoms with Crippen LogP contribution in [0.4, 0.5) is 4.39 Å². The van der Waals surface area contributed by atoms with Gasteiger partial charge in [0, 0.05) is 37.8 Å². The highest BCUT2D eigenvalue weighted by molar-refractivity contribution is 5.94. The van der Waals surface area contributed by atoms with Crippen molar-refractivity contribution in [3.63, 3.8) is 0 Å². The van der Waals surface area contributed by atoms with E-state index in [1.54, 1.807) is 19.1 Å². The summed E-state index contributed by atoms with van der Waals surface area (Å²) in [4.78, 5) is 19.2. The van der Waals surface area contributed by atoms with Crippen molar-refractivity contribution < 1.29 is 9.18 Å². The van der Waals surface area contributed by atoms with E-state index in [0.717, 1.165) is 38.4 Å². The number of hydrogen-bond acceptors (Lipinski definition) is 3.